The number of carbonyl (C=O) groups excluding carboxylic acids is 1. The van der Waals surface area contributed by atoms with Crippen LogP contribution in [0.25, 0.3) is 0 Å². The van der Waals surface area contributed by atoms with Gasteiger partial charge in [0.15, 0.2) is 0 Å². The van der Waals surface area contributed by atoms with Gasteiger partial charge in [-0.3, -0.25) is 9.69 Å². The minimum atomic E-state index is -5.08. The lowest BCUT2D eigenvalue weighted by molar-refractivity contribution is -0.192. The van der Waals surface area contributed by atoms with E-state index in [4.69, 9.17) is 24.1 Å². The van der Waals surface area contributed by atoms with Crippen LogP contribution in [-0.4, -0.2) is 91.2 Å². The highest BCUT2D eigenvalue weighted by Crippen LogP contribution is 2.33. The maximum atomic E-state index is 12.7. The Morgan fingerprint density at radius 3 is 2.30 bits per heavy atom. The number of aliphatic carboxylic acids is 1. The number of amides is 1. The third kappa shape index (κ3) is 6.81. The van der Waals surface area contributed by atoms with Gasteiger partial charge in [-0.15, -0.1) is 0 Å². The highest BCUT2D eigenvalue weighted by atomic mass is 19.4. The van der Waals surface area contributed by atoms with E-state index in [0.29, 0.717) is 32.3 Å². The van der Waals surface area contributed by atoms with Gasteiger partial charge in [0.25, 0.3) is 5.91 Å². The Morgan fingerprint density at radius 2 is 1.73 bits per heavy atom. The van der Waals surface area contributed by atoms with E-state index in [1.807, 2.05) is 17.0 Å². The molecule has 0 unspecified atom stereocenters. The molecule has 1 aromatic carbocycles. The number of alkyl halides is 3. The number of hydrogen-bond donors (Lipinski definition) is 1. The van der Waals surface area contributed by atoms with Gasteiger partial charge in [-0.05, 0) is 37.0 Å². The Morgan fingerprint density at radius 1 is 1.09 bits per heavy atom. The summed E-state index contributed by atoms with van der Waals surface area (Å²) in [6.07, 6.45) is -2.32. The van der Waals surface area contributed by atoms with Gasteiger partial charge in [0, 0.05) is 32.2 Å². The first-order chi connectivity index (χ1) is 15.7. The van der Waals surface area contributed by atoms with Gasteiger partial charge in [-0.1, -0.05) is 12.1 Å². The highest BCUT2D eigenvalue weighted by Gasteiger charge is 2.42. The Kier molecular flexibility index (Phi) is 8.55. The number of carboxylic acid groups (broad SMARTS) is 1. The topological polar surface area (TPSA) is 88.5 Å². The molecular formula is C22H29F3N2O6. The maximum absolute atomic E-state index is 12.7. The number of carbonyl (C=O) groups is 2. The molecule has 3 heterocycles. The monoisotopic (exact) mass is 474 g/mol. The van der Waals surface area contributed by atoms with Gasteiger partial charge in [-0.2, -0.15) is 13.2 Å². The van der Waals surface area contributed by atoms with Crippen molar-refractivity contribution in [1.29, 1.82) is 0 Å². The lowest BCUT2D eigenvalue weighted by Crippen LogP contribution is -2.51. The number of carboxylic acids is 1. The summed E-state index contributed by atoms with van der Waals surface area (Å²) >= 11 is 0. The van der Waals surface area contributed by atoms with Gasteiger partial charge in [0.1, 0.15) is 11.9 Å². The van der Waals surface area contributed by atoms with E-state index in [1.54, 1.807) is 7.11 Å². The van der Waals surface area contributed by atoms with Crippen LogP contribution in [0, 0.1) is 0 Å². The molecule has 184 valence electrons. The molecule has 4 rings (SSSR count). The van der Waals surface area contributed by atoms with Crippen LogP contribution in [0.5, 0.6) is 5.75 Å². The quantitative estimate of drug-likeness (QED) is 0.717. The van der Waals surface area contributed by atoms with E-state index in [0.717, 1.165) is 38.1 Å². The molecule has 8 nitrogen and oxygen atoms in total. The van der Waals surface area contributed by atoms with Crippen LogP contribution in [0.1, 0.15) is 24.8 Å². The van der Waals surface area contributed by atoms with Crippen molar-refractivity contribution in [3.63, 3.8) is 0 Å². The number of likely N-dealkylation sites (tertiary alicyclic amines) is 1. The first kappa shape index (κ1) is 25.3. The fourth-order valence-corrected chi connectivity index (χ4v) is 4.35. The third-order valence-electron chi connectivity index (χ3n) is 6.05. The van der Waals surface area contributed by atoms with Crippen LogP contribution < -0.4 is 4.74 Å². The van der Waals surface area contributed by atoms with E-state index in [9.17, 15) is 18.0 Å². The Bertz CT molecular complexity index is 798. The second kappa shape index (κ2) is 11.2. The van der Waals surface area contributed by atoms with E-state index in [2.05, 4.69) is 17.0 Å². The molecule has 0 radical (unpaired) electrons. The summed E-state index contributed by atoms with van der Waals surface area (Å²) < 4.78 is 48.5. The van der Waals surface area contributed by atoms with Crippen LogP contribution in [-0.2, 0) is 25.6 Å². The van der Waals surface area contributed by atoms with Crippen molar-refractivity contribution in [3.05, 3.63) is 29.8 Å². The average molecular weight is 474 g/mol. The molecule has 0 bridgehead atoms. The minimum Gasteiger partial charge on any atom is -0.497 e. The summed E-state index contributed by atoms with van der Waals surface area (Å²) in [7, 11) is 1.69. The number of rotatable bonds is 4. The number of morpholine rings is 1. The van der Waals surface area contributed by atoms with Gasteiger partial charge in [-0.25, -0.2) is 4.79 Å². The number of benzene rings is 1. The van der Waals surface area contributed by atoms with Crippen LogP contribution >= 0.6 is 0 Å². The fourth-order valence-electron chi connectivity index (χ4n) is 4.35. The van der Waals surface area contributed by atoms with Crippen LogP contribution in [0.15, 0.2) is 24.3 Å². The first-order valence-corrected chi connectivity index (χ1v) is 10.9. The molecule has 3 fully saturated rings. The van der Waals surface area contributed by atoms with Crippen molar-refractivity contribution < 1.29 is 42.1 Å². The molecule has 0 spiro atoms. The van der Waals surface area contributed by atoms with Gasteiger partial charge < -0.3 is 24.2 Å². The number of hydrogen-bond acceptors (Lipinski definition) is 6. The number of nitrogens with zero attached hydrogens (tertiary/aromatic N) is 2. The summed E-state index contributed by atoms with van der Waals surface area (Å²) in [6.45, 7) is 4.61. The number of methoxy groups -OCH3 is 1. The lowest BCUT2D eigenvalue weighted by atomic mass is 9.98. The SMILES string of the molecule is COc1ccc(CN2CC[C@H]3O[C@@H](C(=O)N4CCOCC4)CC[C@H]32)cc1.O=C(O)C(F)(F)F. The molecule has 3 aliphatic heterocycles. The second-order valence-electron chi connectivity index (χ2n) is 8.16. The average Bonchev–Trinajstić information content (AvgIpc) is 3.21. The van der Waals surface area contributed by atoms with Crippen molar-refractivity contribution in [3.8, 4) is 5.75 Å². The largest absolute Gasteiger partial charge is 0.497 e. The zero-order valence-corrected chi connectivity index (χ0v) is 18.4. The van der Waals surface area contributed by atoms with E-state index < -0.39 is 12.1 Å². The van der Waals surface area contributed by atoms with Gasteiger partial charge in [0.05, 0.1) is 26.4 Å². The van der Waals surface area contributed by atoms with Crippen molar-refractivity contribution in [2.75, 3.05) is 40.0 Å². The molecule has 0 aliphatic carbocycles. The summed E-state index contributed by atoms with van der Waals surface area (Å²) in [4.78, 5) is 26.0. The molecule has 3 saturated heterocycles. The Labute approximate surface area is 190 Å². The smallest absolute Gasteiger partial charge is 0.490 e. The zero-order chi connectivity index (χ0) is 24.0. The maximum Gasteiger partial charge on any atom is 0.490 e. The molecule has 11 heteroatoms. The predicted octanol–water partition coefficient (Wildman–Crippen LogP) is 2.31. The molecule has 1 N–H and O–H groups in total. The Hall–Kier alpha value is -2.37. The molecule has 3 aliphatic rings. The first-order valence-electron chi connectivity index (χ1n) is 10.9. The summed E-state index contributed by atoms with van der Waals surface area (Å²) in [5, 5.41) is 7.12. The number of fused-ring (bicyclic) bond motifs is 1. The van der Waals surface area contributed by atoms with Crippen LogP contribution in [0.2, 0.25) is 0 Å². The number of halogens is 3. The van der Waals surface area contributed by atoms with Crippen molar-refractivity contribution in [2.24, 2.45) is 0 Å². The van der Waals surface area contributed by atoms with E-state index in [1.165, 1.54) is 5.56 Å². The minimum absolute atomic E-state index is 0.153. The van der Waals surface area contributed by atoms with Crippen molar-refractivity contribution in [1.82, 2.24) is 9.80 Å². The zero-order valence-electron chi connectivity index (χ0n) is 18.4. The number of ether oxygens (including phenoxy) is 3. The molecule has 0 saturated carbocycles. The highest BCUT2D eigenvalue weighted by molar-refractivity contribution is 5.81. The third-order valence-corrected chi connectivity index (χ3v) is 6.05. The van der Waals surface area contributed by atoms with Crippen LogP contribution in [0.4, 0.5) is 13.2 Å². The Balaban J connectivity index is 0.000000383. The van der Waals surface area contributed by atoms with E-state index >= 15 is 0 Å². The molecule has 1 aromatic rings. The molecule has 1 amide bonds. The summed E-state index contributed by atoms with van der Waals surface area (Å²) in [6, 6.07) is 8.70. The molecular weight excluding hydrogens is 445 g/mol. The second-order valence-corrected chi connectivity index (χ2v) is 8.16. The summed E-state index contributed by atoms with van der Waals surface area (Å²) in [5.74, 6) is -1.72. The normalized spacial score (nSPS) is 25.6. The van der Waals surface area contributed by atoms with Crippen molar-refractivity contribution >= 4 is 11.9 Å². The van der Waals surface area contributed by atoms with E-state index in [-0.39, 0.29) is 18.1 Å². The van der Waals surface area contributed by atoms with Gasteiger partial charge in [0.2, 0.25) is 0 Å². The lowest BCUT2D eigenvalue weighted by Gasteiger charge is -2.38. The predicted molar refractivity (Wildman–Crippen MR) is 111 cm³/mol. The summed E-state index contributed by atoms with van der Waals surface area (Å²) in [5.41, 5.74) is 1.29. The standard InChI is InChI=1S/C20H28N2O4.C2HF3O2/c1-24-16-4-2-15(3-5-16)14-22-9-8-18-17(22)6-7-19(26-18)20(23)21-10-12-25-13-11-21;3-2(4,5)1(6)7/h2-5,17-19H,6-14H2,1H3;(H,6,7)/t17-,18-,19-;/m1./s1. The molecule has 3 atom stereocenters. The molecule has 33 heavy (non-hydrogen) atoms. The van der Waals surface area contributed by atoms with Gasteiger partial charge >= 0.3 is 12.1 Å². The van der Waals surface area contributed by atoms with Crippen molar-refractivity contribution in [2.45, 2.75) is 50.2 Å². The fraction of sp³-hybridized carbons (Fsp3) is 0.636. The molecule has 0 aromatic heterocycles. The van der Waals surface area contributed by atoms with Crippen LogP contribution in [0.3, 0.4) is 0 Å².